The van der Waals surface area contributed by atoms with Crippen molar-refractivity contribution in [3.05, 3.63) is 53.1 Å². The summed E-state index contributed by atoms with van der Waals surface area (Å²) in [7, 11) is 0. The first kappa shape index (κ1) is 18.0. The van der Waals surface area contributed by atoms with Crippen LogP contribution in [0.3, 0.4) is 0 Å². The summed E-state index contributed by atoms with van der Waals surface area (Å²) in [5, 5.41) is 5.81. The Morgan fingerprint density at radius 2 is 2.04 bits per heavy atom. The van der Waals surface area contributed by atoms with Crippen molar-refractivity contribution >= 4 is 23.2 Å². The molecular formula is C21H24N2O3. The van der Waals surface area contributed by atoms with Crippen molar-refractivity contribution < 1.29 is 14.3 Å². The van der Waals surface area contributed by atoms with Gasteiger partial charge in [0.15, 0.2) is 0 Å². The van der Waals surface area contributed by atoms with Gasteiger partial charge < -0.3 is 15.4 Å². The van der Waals surface area contributed by atoms with Crippen molar-refractivity contribution in [3.63, 3.8) is 0 Å². The van der Waals surface area contributed by atoms with Gasteiger partial charge >= 0.3 is 0 Å². The number of fused-ring (bicyclic) bond motifs is 1. The summed E-state index contributed by atoms with van der Waals surface area (Å²) in [6, 6.07) is 11.6. The van der Waals surface area contributed by atoms with Crippen molar-refractivity contribution in [2.24, 2.45) is 0 Å². The molecule has 0 fully saturated rings. The van der Waals surface area contributed by atoms with Gasteiger partial charge in [-0.05, 0) is 67.6 Å². The zero-order valence-electron chi connectivity index (χ0n) is 15.2. The van der Waals surface area contributed by atoms with Crippen molar-refractivity contribution in [2.45, 2.75) is 39.5 Å². The molecule has 0 saturated heterocycles. The van der Waals surface area contributed by atoms with E-state index in [0.29, 0.717) is 25.9 Å². The lowest BCUT2D eigenvalue weighted by Gasteiger charge is -2.17. The third-order valence-corrected chi connectivity index (χ3v) is 4.67. The third kappa shape index (κ3) is 4.42. The Morgan fingerprint density at radius 3 is 2.88 bits per heavy atom. The van der Waals surface area contributed by atoms with Gasteiger partial charge in [0.25, 0.3) is 0 Å². The molecule has 0 aromatic heterocycles. The maximum atomic E-state index is 12.1. The van der Waals surface area contributed by atoms with Crippen molar-refractivity contribution in [2.75, 3.05) is 17.2 Å². The van der Waals surface area contributed by atoms with E-state index in [4.69, 9.17) is 4.74 Å². The number of carbonyl (C=O) groups excluding carboxylic acids is 2. The Balaban J connectivity index is 1.45. The highest BCUT2D eigenvalue weighted by Gasteiger charge is 2.15. The Labute approximate surface area is 153 Å². The molecule has 3 rings (SSSR count). The van der Waals surface area contributed by atoms with Crippen LogP contribution < -0.4 is 15.4 Å². The topological polar surface area (TPSA) is 67.4 Å². The number of benzene rings is 2. The van der Waals surface area contributed by atoms with Crippen LogP contribution >= 0.6 is 0 Å². The zero-order chi connectivity index (χ0) is 18.5. The van der Waals surface area contributed by atoms with Gasteiger partial charge in [0.05, 0.1) is 6.61 Å². The summed E-state index contributed by atoms with van der Waals surface area (Å²) in [5.74, 6) is 0.825. The van der Waals surface area contributed by atoms with Gasteiger partial charge in [-0.1, -0.05) is 12.1 Å². The summed E-state index contributed by atoms with van der Waals surface area (Å²) >= 11 is 0. The van der Waals surface area contributed by atoms with E-state index < -0.39 is 0 Å². The van der Waals surface area contributed by atoms with Gasteiger partial charge in [-0.3, -0.25) is 9.59 Å². The molecule has 5 heteroatoms. The molecule has 1 heterocycles. The number of hydrogen-bond donors (Lipinski definition) is 2. The van der Waals surface area contributed by atoms with Gasteiger partial charge in [0.1, 0.15) is 5.75 Å². The molecule has 0 atom stereocenters. The van der Waals surface area contributed by atoms with E-state index in [1.54, 1.807) is 0 Å². The summed E-state index contributed by atoms with van der Waals surface area (Å²) in [5.41, 5.74) is 5.08. The monoisotopic (exact) mass is 352 g/mol. The lowest BCUT2D eigenvalue weighted by molar-refractivity contribution is -0.117. The number of hydrogen-bond acceptors (Lipinski definition) is 3. The number of ether oxygens (including phenoxy) is 1. The molecule has 5 nitrogen and oxygen atoms in total. The lowest BCUT2D eigenvalue weighted by Crippen LogP contribution is -2.18. The molecule has 1 aliphatic rings. The molecule has 0 radical (unpaired) electrons. The summed E-state index contributed by atoms with van der Waals surface area (Å²) in [6.07, 6.45) is 2.30. The van der Waals surface area contributed by atoms with Crippen LogP contribution in [0.5, 0.6) is 5.75 Å². The molecule has 2 aromatic rings. The summed E-state index contributed by atoms with van der Waals surface area (Å²) < 4.78 is 5.75. The second kappa shape index (κ2) is 8.04. The third-order valence-electron chi connectivity index (χ3n) is 4.67. The first-order valence-corrected chi connectivity index (χ1v) is 8.94. The quantitative estimate of drug-likeness (QED) is 0.773. The van der Waals surface area contributed by atoms with E-state index >= 15 is 0 Å². The van der Waals surface area contributed by atoms with Gasteiger partial charge in [-0.25, -0.2) is 0 Å². The fraction of sp³-hybridized carbons (Fsp3) is 0.333. The maximum absolute atomic E-state index is 12.1. The second-order valence-electron chi connectivity index (χ2n) is 6.61. The van der Waals surface area contributed by atoms with Crippen LogP contribution in [0.4, 0.5) is 11.4 Å². The molecule has 0 saturated carbocycles. The van der Waals surface area contributed by atoms with E-state index in [9.17, 15) is 9.59 Å². The van der Waals surface area contributed by atoms with Crippen molar-refractivity contribution in [1.29, 1.82) is 0 Å². The fourth-order valence-corrected chi connectivity index (χ4v) is 2.97. The van der Waals surface area contributed by atoms with Crippen LogP contribution in [0.15, 0.2) is 36.4 Å². The predicted octanol–water partition coefficient (Wildman–Crippen LogP) is 3.99. The SMILES string of the molecule is Cc1cccc(NC(=O)CCCOc2ccc3c(c2)CCC(=O)N3)c1C. The second-order valence-corrected chi connectivity index (χ2v) is 6.61. The molecule has 2 aromatic carbocycles. The molecule has 2 N–H and O–H groups in total. The molecule has 2 amide bonds. The molecular weight excluding hydrogens is 328 g/mol. The van der Waals surface area contributed by atoms with Crippen LogP contribution in [0.25, 0.3) is 0 Å². The fourth-order valence-electron chi connectivity index (χ4n) is 2.97. The largest absolute Gasteiger partial charge is 0.494 e. The summed E-state index contributed by atoms with van der Waals surface area (Å²) in [4.78, 5) is 23.5. The molecule has 0 aliphatic carbocycles. The molecule has 26 heavy (non-hydrogen) atoms. The lowest BCUT2D eigenvalue weighted by atomic mass is 10.0. The minimum absolute atomic E-state index is 0.00421. The Hall–Kier alpha value is -2.82. The number of nitrogens with one attached hydrogen (secondary N) is 2. The van der Waals surface area contributed by atoms with Crippen molar-refractivity contribution in [1.82, 2.24) is 0 Å². The number of rotatable bonds is 6. The summed E-state index contributed by atoms with van der Waals surface area (Å²) in [6.45, 7) is 4.51. The van der Waals surface area contributed by atoms with Crippen molar-refractivity contribution in [3.8, 4) is 5.75 Å². The van der Waals surface area contributed by atoms with Crippen LogP contribution in [-0.4, -0.2) is 18.4 Å². The number of aryl methyl sites for hydroxylation is 2. The maximum Gasteiger partial charge on any atom is 0.224 e. The Morgan fingerprint density at radius 1 is 1.19 bits per heavy atom. The Kier molecular flexibility index (Phi) is 5.56. The number of amides is 2. The van der Waals surface area contributed by atoms with Gasteiger partial charge in [-0.2, -0.15) is 0 Å². The standard InChI is InChI=1S/C21H24N2O3/c1-14-5-3-6-18(15(14)2)22-20(24)7-4-12-26-17-9-10-19-16(13-17)8-11-21(25)23-19/h3,5-6,9-10,13H,4,7-8,11-12H2,1-2H3,(H,22,24)(H,23,25). The van der Waals surface area contributed by atoms with E-state index in [0.717, 1.165) is 40.2 Å². The van der Waals surface area contributed by atoms with Gasteiger partial charge in [0, 0.05) is 24.2 Å². The Bertz CT molecular complexity index is 830. The molecule has 1 aliphatic heterocycles. The van der Waals surface area contributed by atoms with Crippen LogP contribution in [0.2, 0.25) is 0 Å². The van der Waals surface area contributed by atoms with Crippen LogP contribution in [0.1, 0.15) is 36.0 Å². The van der Waals surface area contributed by atoms with E-state index in [-0.39, 0.29) is 11.8 Å². The van der Waals surface area contributed by atoms with E-state index in [1.807, 2.05) is 50.2 Å². The van der Waals surface area contributed by atoms with Gasteiger partial charge in [-0.15, -0.1) is 0 Å². The highest BCUT2D eigenvalue weighted by molar-refractivity contribution is 5.94. The van der Waals surface area contributed by atoms with Crippen LogP contribution in [-0.2, 0) is 16.0 Å². The number of carbonyl (C=O) groups is 2. The van der Waals surface area contributed by atoms with E-state index in [1.165, 1.54) is 0 Å². The average molecular weight is 352 g/mol. The van der Waals surface area contributed by atoms with E-state index in [2.05, 4.69) is 10.6 Å². The van der Waals surface area contributed by atoms with Gasteiger partial charge in [0.2, 0.25) is 11.8 Å². The first-order chi connectivity index (χ1) is 12.5. The first-order valence-electron chi connectivity index (χ1n) is 8.94. The smallest absolute Gasteiger partial charge is 0.224 e. The molecule has 0 unspecified atom stereocenters. The number of anilines is 2. The normalized spacial score (nSPS) is 12.9. The zero-order valence-corrected chi connectivity index (χ0v) is 15.2. The molecule has 0 bridgehead atoms. The molecule has 136 valence electrons. The minimum atomic E-state index is -0.00421. The highest BCUT2D eigenvalue weighted by atomic mass is 16.5. The highest BCUT2D eigenvalue weighted by Crippen LogP contribution is 2.27. The van der Waals surface area contributed by atoms with Crippen LogP contribution in [0, 0.1) is 13.8 Å². The minimum Gasteiger partial charge on any atom is -0.494 e. The average Bonchev–Trinajstić information content (AvgIpc) is 2.62. The molecule has 0 spiro atoms. The predicted molar refractivity (Wildman–Crippen MR) is 103 cm³/mol.